The van der Waals surface area contributed by atoms with Gasteiger partial charge in [0.2, 0.25) is 5.91 Å². The summed E-state index contributed by atoms with van der Waals surface area (Å²) in [5, 5.41) is 6.83. The summed E-state index contributed by atoms with van der Waals surface area (Å²) in [6.07, 6.45) is 1.71. The standard InChI is InChI=1S/C20H19N3O3/c1-2-26-20(25)15-9-3-4-10-16(15)23-18(24)13-22-17-11-5-7-14-8-6-12-21-19(14)17/h3-12,22H,2,13H2,1H3,(H,23,24). The maximum absolute atomic E-state index is 12.3. The summed E-state index contributed by atoms with van der Waals surface area (Å²) in [5.41, 5.74) is 2.33. The lowest BCUT2D eigenvalue weighted by Gasteiger charge is -2.12. The van der Waals surface area contributed by atoms with E-state index in [1.165, 1.54) is 0 Å². The van der Waals surface area contributed by atoms with Gasteiger partial charge in [-0.2, -0.15) is 0 Å². The zero-order valence-corrected chi connectivity index (χ0v) is 14.4. The monoisotopic (exact) mass is 349 g/mol. The highest BCUT2D eigenvalue weighted by atomic mass is 16.5. The van der Waals surface area contributed by atoms with Crippen molar-refractivity contribution in [1.29, 1.82) is 0 Å². The lowest BCUT2D eigenvalue weighted by Crippen LogP contribution is -2.23. The number of rotatable bonds is 6. The van der Waals surface area contributed by atoms with E-state index in [1.807, 2.05) is 30.3 Å². The van der Waals surface area contributed by atoms with Crippen molar-refractivity contribution >= 4 is 34.2 Å². The molecule has 0 atom stereocenters. The summed E-state index contributed by atoms with van der Waals surface area (Å²) >= 11 is 0. The molecule has 0 aliphatic heterocycles. The zero-order chi connectivity index (χ0) is 18.4. The molecule has 0 saturated heterocycles. The molecule has 26 heavy (non-hydrogen) atoms. The first kappa shape index (κ1) is 17.4. The maximum atomic E-state index is 12.3. The number of ether oxygens (including phenoxy) is 1. The highest BCUT2D eigenvalue weighted by molar-refractivity contribution is 6.02. The van der Waals surface area contributed by atoms with Crippen molar-refractivity contribution in [3.8, 4) is 0 Å². The van der Waals surface area contributed by atoms with Gasteiger partial charge in [0.25, 0.3) is 0 Å². The molecule has 1 amide bonds. The van der Waals surface area contributed by atoms with Crippen LogP contribution in [0.15, 0.2) is 60.8 Å². The van der Waals surface area contributed by atoms with E-state index in [9.17, 15) is 9.59 Å². The average molecular weight is 349 g/mol. The quantitative estimate of drug-likeness (QED) is 0.666. The largest absolute Gasteiger partial charge is 0.462 e. The van der Waals surface area contributed by atoms with Crippen molar-refractivity contribution in [2.75, 3.05) is 23.8 Å². The van der Waals surface area contributed by atoms with Crippen molar-refractivity contribution < 1.29 is 14.3 Å². The Morgan fingerprint density at radius 3 is 2.62 bits per heavy atom. The molecule has 0 saturated carbocycles. The summed E-state index contributed by atoms with van der Waals surface area (Å²) in [5.74, 6) is -0.732. The number of aromatic nitrogens is 1. The van der Waals surface area contributed by atoms with Gasteiger partial charge in [0, 0.05) is 11.6 Å². The van der Waals surface area contributed by atoms with E-state index in [2.05, 4.69) is 15.6 Å². The molecule has 6 nitrogen and oxygen atoms in total. The summed E-state index contributed by atoms with van der Waals surface area (Å²) < 4.78 is 5.01. The molecule has 3 rings (SSSR count). The minimum atomic E-state index is -0.463. The molecule has 0 spiro atoms. The topological polar surface area (TPSA) is 80.3 Å². The van der Waals surface area contributed by atoms with Crippen LogP contribution in [0, 0.1) is 0 Å². The fraction of sp³-hybridized carbons (Fsp3) is 0.150. The minimum Gasteiger partial charge on any atom is -0.462 e. The number of amides is 1. The number of anilines is 2. The predicted molar refractivity (Wildman–Crippen MR) is 101 cm³/mol. The first-order valence-corrected chi connectivity index (χ1v) is 8.32. The number of para-hydroxylation sites is 2. The molecule has 1 heterocycles. The first-order valence-electron chi connectivity index (χ1n) is 8.32. The number of carbonyl (C=O) groups is 2. The number of benzene rings is 2. The third-order valence-corrected chi connectivity index (χ3v) is 3.77. The van der Waals surface area contributed by atoms with Gasteiger partial charge in [0.15, 0.2) is 0 Å². The Labute approximate surface area is 151 Å². The van der Waals surface area contributed by atoms with E-state index in [0.717, 1.165) is 16.6 Å². The number of pyridine rings is 1. The molecule has 0 aliphatic rings. The predicted octanol–water partition coefficient (Wildman–Crippen LogP) is 3.46. The molecular weight excluding hydrogens is 330 g/mol. The van der Waals surface area contributed by atoms with E-state index in [-0.39, 0.29) is 19.1 Å². The normalized spacial score (nSPS) is 10.3. The molecule has 0 unspecified atom stereocenters. The van der Waals surface area contributed by atoms with E-state index in [4.69, 9.17) is 4.74 Å². The fourth-order valence-electron chi connectivity index (χ4n) is 2.60. The van der Waals surface area contributed by atoms with Gasteiger partial charge in [0.05, 0.1) is 35.6 Å². The Balaban J connectivity index is 1.69. The fourth-order valence-corrected chi connectivity index (χ4v) is 2.60. The second-order valence-corrected chi connectivity index (χ2v) is 5.55. The van der Waals surface area contributed by atoms with Gasteiger partial charge in [-0.25, -0.2) is 4.79 Å². The van der Waals surface area contributed by atoms with E-state index in [1.54, 1.807) is 37.4 Å². The highest BCUT2D eigenvalue weighted by Gasteiger charge is 2.14. The van der Waals surface area contributed by atoms with Gasteiger partial charge in [-0.1, -0.05) is 30.3 Å². The van der Waals surface area contributed by atoms with Crippen LogP contribution in [0.25, 0.3) is 10.9 Å². The molecular formula is C20H19N3O3. The summed E-state index contributed by atoms with van der Waals surface area (Å²) in [7, 11) is 0. The van der Waals surface area contributed by atoms with Crippen molar-refractivity contribution in [3.63, 3.8) is 0 Å². The lowest BCUT2D eigenvalue weighted by molar-refractivity contribution is -0.114. The number of esters is 1. The Hall–Kier alpha value is -3.41. The van der Waals surface area contributed by atoms with Crippen LogP contribution in [-0.2, 0) is 9.53 Å². The van der Waals surface area contributed by atoms with Gasteiger partial charge >= 0.3 is 5.97 Å². The van der Waals surface area contributed by atoms with Crippen LogP contribution in [-0.4, -0.2) is 30.0 Å². The average Bonchev–Trinajstić information content (AvgIpc) is 2.67. The molecule has 1 aromatic heterocycles. The first-order chi connectivity index (χ1) is 12.7. The number of nitrogens with zero attached hydrogens (tertiary/aromatic N) is 1. The Bertz CT molecular complexity index is 935. The van der Waals surface area contributed by atoms with Gasteiger partial charge in [0.1, 0.15) is 0 Å². The summed E-state index contributed by atoms with van der Waals surface area (Å²) in [4.78, 5) is 28.6. The van der Waals surface area contributed by atoms with Crippen LogP contribution in [0.1, 0.15) is 17.3 Å². The van der Waals surface area contributed by atoms with Gasteiger partial charge in [-0.15, -0.1) is 0 Å². The van der Waals surface area contributed by atoms with Crippen molar-refractivity contribution in [2.24, 2.45) is 0 Å². The Morgan fingerprint density at radius 2 is 1.77 bits per heavy atom. The molecule has 2 N–H and O–H groups in total. The number of nitrogens with one attached hydrogen (secondary N) is 2. The van der Waals surface area contributed by atoms with Gasteiger partial charge in [-0.05, 0) is 31.2 Å². The summed E-state index contributed by atoms with van der Waals surface area (Å²) in [6, 6.07) is 16.3. The van der Waals surface area contributed by atoms with Crippen molar-refractivity contribution in [3.05, 3.63) is 66.4 Å². The van der Waals surface area contributed by atoms with Gasteiger partial charge in [-0.3, -0.25) is 9.78 Å². The lowest BCUT2D eigenvalue weighted by atomic mass is 10.1. The van der Waals surface area contributed by atoms with E-state index < -0.39 is 5.97 Å². The van der Waals surface area contributed by atoms with Crippen LogP contribution in [0.2, 0.25) is 0 Å². The van der Waals surface area contributed by atoms with Crippen molar-refractivity contribution in [2.45, 2.75) is 6.92 Å². The van der Waals surface area contributed by atoms with Crippen LogP contribution in [0.5, 0.6) is 0 Å². The third kappa shape index (κ3) is 3.97. The smallest absolute Gasteiger partial charge is 0.340 e. The summed E-state index contributed by atoms with van der Waals surface area (Å²) in [6.45, 7) is 2.06. The molecule has 0 aliphatic carbocycles. The number of fused-ring (bicyclic) bond motifs is 1. The maximum Gasteiger partial charge on any atom is 0.340 e. The molecule has 0 fully saturated rings. The van der Waals surface area contributed by atoms with Crippen LogP contribution in [0.3, 0.4) is 0 Å². The molecule has 6 heteroatoms. The highest BCUT2D eigenvalue weighted by Crippen LogP contribution is 2.20. The van der Waals surface area contributed by atoms with Crippen LogP contribution in [0.4, 0.5) is 11.4 Å². The number of hydrogen-bond donors (Lipinski definition) is 2. The van der Waals surface area contributed by atoms with Crippen LogP contribution >= 0.6 is 0 Å². The van der Waals surface area contributed by atoms with E-state index in [0.29, 0.717) is 11.3 Å². The van der Waals surface area contributed by atoms with Gasteiger partial charge < -0.3 is 15.4 Å². The SMILES string of the molecule is CCOC(=O)c1ccccc1NC(=O)CNc1cccc2cccnc12. The minimum absolute atomic E-state index is 0.0485. The second kappa shape index (κ2) is 8.11. The van der Waals surface area contributed by atoms with Crippen molar-refractivity contribution in [1.82, 2.24) is 4.98 Å². The Morgan fingerprint density at radius 1 is 1.00 bits per heavy atom. The molecule has 2 aromatic carbocycles. The molecule has 0 bridgehead atoms. The number of carbonyl (C=O) groups excluding carboxylic acids is 2. The third-order valence-electron chi connectivity index (χ3n) is 3.77. The number of hydrogen-bond acceptors (Lipinski definition) is 5. The molecule has 132 valence electrons. The second-order valence-electron chi connectivity index (χ2n) is 5.55. The Kier molecular flexibility index (Phi) is 5.43. The molecule has 0 radical (unpaired) electrons. The zero-order valence-electron chi connectivity index (χ0n) is 14.4. The van der Waals surface area contributed by atoms with Crippen LogP contribution < -0.4 is 10.6 Å². The molecule has 3 aromatic rings. The van der Waals surface area contributed by atoms with E-state index >= 15 is 0 Å².